The molecule has 0 spiro atoms. The standard InChI is InChI=1S/C16H24N2/c1-3-5-7-13(4-2)12-14-9-10-16(18-14)15-8-6-11-17-15/h6,8-11,13,17-18H,3-5,7,12H2,1-2H3. The molecule has 2 heteroatoms. The minimum absolute atomic E-state index is 0.820. The molecule has 0 fully saturated rings. The van der Waals surface area contributed by atoms with Gasteiger partial charge < -0.3 is 9.97 Å². The van der Waals surface area contributed by atoms with Crippen LogP contribution in [0.5, 0.6) is 0 Å². The molecule has 1 unspecified atom stereocenters. The van der Waals surface area contributed by atoms with Gasteiger partial charge in [-0.15, -0.1) is 0 Å². The van der Waals surface area contributed by atoms with Crippen molar-refractivity contribution in [3.8, 4) is 11.4 Å². The van der Waals surface area contributed by atoms with Crippen molar-refractivity contribution in [2.45, 2.75) is 46.0 Å². The van der Waals surface area contributed by atoms with Gasteiger partial charge in [0.1, 0.15) is 0 Å². The Morgan fingerprint density at radius 1 is 1.11 bits per heavy atom. The van der Waals surface area contributed by atoms with Crippen LogP contribution in [-0.2, 0) is 6.42 Å². The molecule has 2 aromatic rings. The van der Waals surface area contributed by atoms with Gasteiger partial charge in [-0.2, -0.15) is 0 Å². The molecule has 0 aliphatic carbocycles. The lowest BCUT2D eigenvalue weighted by molar-refractivity contribution is 0.446. The fraction of sp³-hybridized carbons (Fsp3) is 0.500. The highest BCUT2D eigenvalue weighted by atomic mass is 14.8. The Morgan fingerprint density at radius 3 is 2.67 bits per heavy atom. The maximum Gasteiger partial charge on any atom is 0.0621 e. The first-order chi connectivity index (χ1) is 8.83. The molecule has 2 N–H and O–H groups in total. The topological polar surface area (TPSA) is 31.6 Å². The number of rotatable bonds is 7. The predicted molar refractivity (Wildman–Crippen MR) is 77.6 cm³/mol. The second-order valence-electron chi connectivity index (χ2n) is 5.10. The number of aromatic nitrogens is 2. The summed E-state index contributed by atoms with van der Waals surface area (Å²) in [6, 6.07) is 8.54. The first-order valence-corrected chi connectivity index (χ1v) is 7.15. The number of H-pyrrole nitrogens is 2. The minimum atomic E-state index is 0.820. The first kappa shape index (κ1) is 13.0. The van der Waals surface area contributed by atoms with Crippen molar-refractivity contribution >= 4 is 0 Å². The Balaban J connectivity index is 1.97. The van der Waals surface area contributed by atoms with Gasteiger partial charge in [0.05, 0.1) is 11.4 Å². The van der Waals surface area contributed by atoms with Crippen LogP contribution in [0.3, 0.4) is 0 Å². The summed E-state index contributed by atoms with van der Waals surface area (Å²) in [5.74, 6) is 0.820. The average molecular weight is 244 g/mol. The highest BCUT2D eigenvalue weighted by Crippen LogP contribution is 2.21. The van der Waals surface area contributed by atoms with Crippen molar-refractivity contribution < 1.29 is 0 Å². The summed E-state index contributed by atoms with van der Waals surface area (Å²) in [4.78, 5) is 6.76. The minimum Gasteiger partial charge on any atom is -0.360 e. The van der Waals surface area contributed by atoms with Gasteiger partial charge in [-0.1, -0.05) is 39.5 Å². The molecule has 2 heterocycles. The van der Waals surface area contributed by atoms with Crippen LogP contribution in [0.2, 0.25) is 0 Å². The molecule has 1 atom stereocenters. The Bertz CT molecular complexity index is 439. The fourth-order valence-corrected chi connectivity index (χ4v) is 2.47. The second kappa shape index (κ2) is 6.48. The van der Waals surface area contributed by atoms with E-state index in [4.69, 9.17) is 0 Å². The second-order valence-corrected chi connectivity index (χ2v) is 5.10. The summed E-state index contributed by atoms with van der Waals surface area (Å²) in [5, 5.41) is 0. The van der Waals surface area contributed by atoms with E-state index in [2.05, 4.69) is 42.0 Å². The maximum atomic E-state index is 3.53. The Kier molecular flexibility index (Phi) is 4.68. The molecule has 0 radical (unpaired) electrons. The fourth-order valence-electron chi connectivity index (χ4n) is 2.47. The molecule has 0 aromatic carbocycles. The Morgan fingerprint density at radius 2 is 2.00 bits per heavy atom. The van der Waals surface area contributed by atoms with Gasteiger partial charge in [-0.3, -0.25) is 0 Å². The Hall–Kier alpha value is -1.44. The molecule has 0 aliphatic rings. The van der Waals surface area contributed by atoms with Crippen LogP contribution in [0.4, 0.5) is 0 Å². The molecule has 2 aromatic heterocycles. The zero-order valence-corrected chi connectivity index (χ0v) is 11.5. The van der Waals surface area contributed by atoms with Gasteiger partial charge in [0.25, 0.3) is 0 Å². The summed E-state index contributed by atoms with van der Waals surface area (Å²) in [6.07, 6.45) is 8.42. The summed E-state index contributed by atoms with van der Waals surface area (Å²) < 4.78 is 0. The number of unbranched alkanes of at least 4 members (excludes halogenated alkanes) is 1. The highest BCUT2D eigenvalue weighted by Gasteiger charge is 2.09. The van der Waals surface area contributed by atoms with Crippen molar-refractivity contribution in [2.24, 2.45) is 5.92 Å². The molecule has 2 rings (SSSR count). The molecule has 0 saturated heterocycles. The molecular weight excluding hydrogens is 220 g/mol. The molecule has 18 heavy (non-hydrogen) atoms. The number of hydrogen-bond acceptors (Lipinski definition) is 0. The molecule has 0 aliphatic heterocycles. The third-order valence-corrected chi connectivity index (χ3v) is 3.69. The van der Waals surface area contributed by atoms with Crippen molar-refractivity contribution in [3.63, 3.8) is 0 Å². The lowest BCUT2D eigenvalue weighted by Crippen LogP contribution is -2.03. The number of hydrogen-bond donors (Lipinski definition) is 2. The van der Waals surface area contributed by atoms with Gasteiger partial charge in [0.2, 0.25) is 0 Å². The van der Waals surface area contributed by atoms with Crippen LogP contribution in [0.25, 0.3) is 11.4 Å². The van der Waals surface area contributed by atoms with E-state index in [1.54, 1.807) is 0 Å². The van der Waals surface area contributed by atoms with E-state index in [1.165, 1.54) is 49.2 Å². The van der Waals surface area contributed by atoms with Crippen molar-refractivity contribution in [2.75, 3.05) is 0 Å². The maximum absolute atomic E-state index is 3.53. The third kappa shape index (κ3) is 3.28. The number of aromatic amines is 2. The average Bonchev–Trinajstić information content (AvgIpc) is 3.04. The smallest absolute Gasteiger partial charge is 0.0621 e. The lowest BCUT2D eigenvalue weighted by Gasteiger charge is -2.13. The van der Waals surface area contributed by atoms with Gasteiger partial charge in [-0.05, 0) is 36.6 Å². The van der Waals surface area contributed by atoms with Gasteiger partial charge in [-0.25, -0.2) is 0 Å². The molecular formula is C16H24N2. The highest BCUT2D eigenvalue weighted by molar-refractivity contribution is 5.55. The third-order valence-electron chi connectivity index (χ3n) is 3.69. The van der Waals surface area contributed by atoms with Crippen molar-refractivity contribution in [1.29, 1.82) is 0 Å². The molecule has 0 saturated carbocycles. The Labute approximate surface area is 110 Å². The van der Waals surface area contributed by atoms with Gasteiger partial charge in [0, 0.05) is 11.9 Å². The van der Waals surface area contributed by atoms with E-state index >= 15 is 0 Å². The molecule has 98 valence electrons. The van der Waals surface area contributed by atoms with Crippen LogP contribution < -0.4 is 0 Å². The van der Waals surface area contributed by atoms with Crippen LogP contribution in [0, 0.1) is 5.92 Å². The largest absolute Gasteiger partial charge is 0.360 e. The van der Waals surface area contributed by atoms with E-state index in [-0.39, 0.29) is 0 Å². The van der Waals surface area contributed by atoms with Gasteiger partial charge >= 0.3 is 0 Å². The van der Waals surface area contributed by atoms with Crippen LogP contribution in [0.15, 0.2) is 30.5 Å². The van der Waals surface area contributed by atoms with E-state index in [9.17, 15) is 0 Å². The monoisotopic (exact) mass is 244 g/mol. The van der Waals surface area contributed by atoms with Crippen LogP contribution in [-0.4, -0.2) is 9.97 Å². The summed E-state index contributed by atoms with van der Waals surface area (Å²) in [5.41, 5.74) is 3.73. The molecule has 0 bridgehead atoms. The van der Waals surface area contributed by atoms with E-state index in [0.717, 1.165) is 5.92 Å². The van der Waals surface area contributed by atoms with Crippen LogP contribution in [0.1, 0.15) is 45.2 Å². The molecule has 2 nitrogen and oxygen atoms in total. The molecule has 0 amide bonds. The number of nitrogens with one attached hydrogen (secondary N) is 2. The van der Waals surface area contributed by atoms with Gasteiger partial charge in [0.15, 0.2) is 0 Å². The summed E-state index contributed by atoms with van der Waals surface area (Å²) >= 11 is 0. The summed E-state index contributed by atoms with van der Waals surface area (Å²) in [7, 11) is 0. The quantitative estimate of drug-likeness (QED) is 0.703. The zero-order chi connectivity index (χ0) is 12.8. The normalized spacial score (nSPS) is 12.8. The predicted octanol–water partition coefficient (Wildman–Crippen LogP) is 4.77. The SMILES string of the molecule is CCCCC(CC)Cc1ccc(-c2ccc[nH]2)[nH]1. The van der Waals surface area contributed by atoms with Crippen molar-refractivity contribution in [1.82, 2.24) is 9.97 Å². The van der Waals surface area contributed by atoms with E-state index in [0.29, 0.717) is 0 Å². The first-order valence-electron chi connectivity index (χ1n) is 7.15. The van der Waals surface area contributed by atoms with E-state index < -0.39 is 0 Å². The lowest BCUT2D eigenvalue weighted by atomic mass is 9.94. The van der Waals surface area contributed by atoms with Crippen LogP contribution >= 0.6 is 0 Å². The summed E-state index contributed by atoms with van der Waals surface area (Å²) in [6.45, 7) is 4.57. The van der Waals surface area contributed by atoms with E-state index in [1.807, 2.05) is 12.3 Å². The zero-order valence-electron chi connectivity index (χ0n) is 11.5. The van der Waals surface area contributed by atoms with Crippen molar-refractivity contribution in [3.05, 3.63) is 36.2 Å².